The van der Waals surface area contributed by atoms with Gasteiger partial charge in [0, 0.05) is 5.75 Å². The van der Waals surface area contributed by atoms with Crippen LogP contribution < -0.4 is 0 Å². The van der Waals surface area contributed by atoms with Gasteiger partial charge in [-0.15, -0.1) is 23.1 Å². The number of sulfonamides is 1. The van der Waals surface area contributed by atoms with Crippen LogP contribution in [-0.2, 0) is 14.8 Å². The van der Waals surface area contributed by atoms with Crippen LogP contribution in [0, 0.1) is 0 Å². The minimum absolute atomic E-state index is 0.0463. The van der Waals surface area contributed by atoms with E-state index in [0.29, 0.717) is 8.81 Å². The Bertz CT molecular complexity index is 597. The molecule has 0 amide bonds. The van der Waals surface area contributed by atoms with Crippen LogP contribution in [-0.4, -0.2) is 41.0 Å². The molecule has 1 N–H and O–H groups in total. The molecule has 0 saturated carbocycles. The summed E-state index contributed by atoms with van der Waals surface area (Å²) in [7, 11) is -3.85. The van der Waals surface area contributed by atoms with E-state index in [2.05, 4.69) is 15.9 Å². The monoisotopic (exact) mass is 405 g/mol. The van der Waals surface area contributed by atoms with E-state index in [0.717, 1.165) is 15.6 Å². The third-order valence-corrected chi connectivity index (χ3v) is 8.85. The molecule has 1 aliphatic heterocycles. The molecule has 0 aromatic carbocycles. The molecule has 0 bridgehead atoms. The lowest BCUT2D eigenvalue weighted by atomic mass is 10.3. The predicted molar refractivity (Wildman–Crippen MR) is 79.4 cm³/mol. The van der Waals surface area contributed by atoms with Gasteiger partial charge in [0.2, 0.25) is 0 Å². The fourth-order valence-corrected chi connectivity index (χ4v) is 7.52. The summed E-state index contributed by atoms with van der Waals surface area (Å²) in [6, 6.07) is 0.296. The molecule has 0 spiro atoms. The van der Waals surface area contributed by atoms with Gasteiger partial charge in [-0.2, -0.15) is 4.31 Å². The first-order valence-corrected chi connectivity index (χ1v) is 9.55. The summed E-state index contributed by atoms with van der Waals surface area (Å²) in [5.41, 5.74) is 0. The van der Waals surface area contributed by atoms with Crippen LogP contribution in [0.2, 0.25) is 5.02 Å². The van der Waals surface area contributed by atoms with E-state index < -0.39 is 27.4 Å². The minimum Gasteiger partial charge on any atom is -0.480 e. The molecule has 2 unspecified atom stereocenters. The van der Waals surface area contributed by atoms with Crippen molar-refractivity contribution < 1.29 is 18.3 Å². The van der Waals surface area contributed by atoms with E-state index in [-0.39, 0.29) is 9.96 Å². The molecule has 0 radical (unpaired) electrons. The zero-order valence-corrected chi connectivity index (χ0v) is 14.3. The Hall–Kier alpha value is 0.200. The lowest BCUT2D eigenvalue weighted by Crippen LogP contribution is -2.44. The Morgan fingerprint density at radius 1 is 1.63 bits per heavy atom. The Labute approximate surface area is 132 Å². The van der Waals surface area contributed by atoms with Crippen molar-refractivity contribution >= 4 is 66.6 Å². The van der Waals surface area contributed by atoms with Crippen LogP contribution in [0.25, 0.3) is 0 Å². The second-order valence-corrected chi connectivity index (χ2v) is 10.0. The SMILES string of the molecule is CC1SCC(C(=O)O)N1S(=O)(=O)c1cc(Cl)c(Br)s1. The molecule has 5 nitrogen and oxygen atoms in total. The number of halogens is 2. The molecule has 106 valence electrons. The number of carboxylic acids is 1. The van der Waals surface area contributed by atoms with Crippen molar-refractivity contribution in [1.29, 1.82) is 0 Å². The second kappa shape index (κ2) is 5.53. The van der Waals surface area contributed by atoms with Crippen LogP contribution >= 0.6 is 50.6 Å². The summed E-state index contributed by atoms with van der Waals surface area (Å²) in [5.74, 6) is -0.891. The fourth-order valence-electron chi connectivity index (χ4n) is 1.73. The minimum atomic E-state index is -3.85. The van der Waals surface area contributed by atoms with Crippen molar-refractivity contribution in [3.05, 3.63) is 14.9 Å². The first-order valence-electron chi connectivity index (χ1n) is 5.08. The molecule has 1 aliphatic rings. The summed E-state index contributed by atoms with van der Waals surface area (Å²) < 4.78 is 26.6. The highest BCUT2D eigenvalue weighted by Crippen LogP contribution is 2.40. The van der Waals surface area contributed by atoms with E-state index in [1.54, 1.807) is 6.92 Å². The summed E-state index contributed by atoms with van der Waals surface area (Å²) in [5, 5.41) is 9.01. The number of hydrogen-bond donors (Lipinski definition) is 1. The zero-order chi connectivity index (χ0) is 14.4. The highest BCUT2D eigenvalue weighted by Gasteiger charge is 2.45. The average Bonchev–Trinajstić information content (AvgIpc) is 2.84. The number of rotatable bonds is 3. The van der Waals surface area contributed by atoms with Gasteiger partial charge in [-0.05, 0) is 28.9 Å². The lowest BCUT2D eigenvalue weighted by Gasteiger charge is -2.23. The van der Waals surface area contributed by atoms with Gasteiger partial charge in [0.05, 0.1) is 14.2 Å². The van der Waals surface area contributed by atoms with Crippen molar-refractivity contribution in [2.75, 3.05) is 5.75 Å². The second-order valence-electron chi connectivity index (χ2n) is 3.81. The molecule has 1 fully saturated rings. The molecule has 10 heteroatoms. The summed E-state index contributed by atoms with van der Waals surface area (Å²) in [4.78, 5) is 11.2. The van der Waals surface area contributed by atoms with Gasteiger partial charge in [0.1, 0.15) is 10.3 Å². The molecule has 1 saturated heterocycles. The lowest BCUT2D eigenvalue weighted by molar-refractivity contribution is -0.140. The van der Waals surface area contributed by atoms with Crippen LogP contribution in [0.1, 0.15) is 6.92 Å². The number of thioether (sulfide) groups is 1. The molecular weight excluding hydrogens is 398 g/mol. The largest absolute Gasteiger partial charge is 0.480 e. The molecule has 2 atom stereocenters. The normalized spacial score (nSPS) is 24.8. The van der Waals surface area contributed by atoms with Crippen molar-refractivity contribution in [2.24, 2.45) is 0 Å². The van der Waals surface area contributed by atoms with Crippen LogP contribution in [0.3, 0.4) is 0 Å². The van der Waals surface area contributed by atoms with E-state index in [1.165, 1.54) is 17.8 Å². The number of nitrogens with zero attached hydrogens (tertiary/aromatic N) is 1. The summed E-state index contributed by atoms with van der Waals surface area (Å²) in [6.45, 7) is 1.68. The molecule has 1 aromatic heterocycles. The predicted octanol–water partition coefficient (Wildman–Crippen LogP) is 2.70. The van der Waals surface area contributed by atoms with Crippen LogP contribution in [0.5, 0.6) is 0 Å². The van der Waals surface area contributed by atoms with Gasteiger partial charge in [0.25, 0.3) is 10.0 Å². The number of aliphatic carboxylic acids is 1. The Kier molecular flexibility index (Phi) is 4.54. The van der Waals surface area contributed by atoms with Crippen molar-refractivity contribution in [1.82, 2.24) is 4.31 Å². The topological polar surface area (TPSA) is 74.7 Å². The molecular formula is C9H9BrClNO4S3. The highest BCUT2D eigenvalue weighted by atomic mass is 79.9. The smallest absolute Gasteiger partial charge is 0.322 e. The maximum absolute atomic E-state index is 12.5. The molecule has 0 aliphatic carbocycles. The molecule has 2 rings (SSSR count). The average molecular weight is 407 g/mol. The summed E-state index contributed by atoms with van der Waals surface area (Å²) >= 11 is 11.3. The standard InChI is InChI=1S/C9H9BrClNO4S3/c1-4-12(6(3-17-4)9(13)14)19(15,16)7-2-5(11)8(10)18-7/h2,4,6H,3H2,1H3,(H,13,14). The zero-order valence-electron chi connectivity index (χ0n) is 9.54. The maximum atomic E-state index is 12.5. The Morgan fingerprint density at radius 3 is 2.74 bits per heavy atom. The van der Waals surface area contributed by atoms with E-state index in [1.807, 2.05) is 0 Å². The third kappa shape index (κ3) is 2.81. The van der Waals surface area contributed by atoms with Gasteiger partial charge < -0.3 is 5.11 Å². The van der Waals surface area contributed by atoms with Gasteiger partial charge in [-0.1, -0.05) is 11.6 Å². The van der Waals surface area contributed by atoms with E-state index in [9.17, 15) is 13.2 Å². The number of hydrogen-bond acceptors (Lipinski definition) is 5. The van der Waals surface area contributed by atoms with E-state index in [4.69, 9.17) is 16.7 Å². The Balaban J connectivity index is 2.46. The number of carbonyl (C=O) groups is 1. The number of carboxylic acid groups (broad SMARTS) is 1. The quantitative estimate of drug-likeness (QED) is 0.835. The van der Waals surface area contributed by atoms with Crippen LogP contribution in [0.4, 0.5) is 0 Å². The molecule has 2 heterocycles. The first-order chi connectivity index (χ1) is 8.75. The fraction of sp³-hybridized carbons (Fsp3) is 0.444. The summed E-state index contributed by atoms with van der Waals surface area (Å²) in [6.07, 6.45) is 0. The van der Waals surface area contributed by atoms with Crippen LogP contribution in [0.15, 0.2) is 14.1 Å². The van der Waals surface area contributed by atoms with Crippen molar-refractivity contribution in [3.8, 4) is 0 Å². The highest BCUT2D eigenvalue weighted by molar-refractivity contribution is 9.11. The first kappa shape index (κ1) is 15.6. The van der Waals surface area contributed by atoms with E-state index >= 15 is 0 Å². The molecule has 1 aromatic rings. The van der Waals surface area contributed by atoms with Gasteiger partial charge in [-0.3, -0.25) is 4.79 Å². The number of thiophene rings is 1. The molecule has 19 heavy (non-hydrogen) atoms. The third-order valence-electron chi connectivity index (χ3n) is 2.60. The van der Waals surface area contributed by atoms with Gasteiger partial charge in [-0.25, -0.2) is 8.42 Å². The van der Waals surface area contributed by atoms with Crippen molar-refractivity contribution in [2.45, 2.75) is 22.5 Å². The maximum Gasteiger partial charge on any atom is 0.322 e. The van der Waals surface area contributed by atoms with Gasteiger partial charge in [0.15, 0.2) is 0 Å². The van der Waals surface area contributed by atoms with Gasteiger partial charge >= 0.3 is 5.97 Å². The Morgan fingerprint density at radius 2 is 2.26 bits per heavy atom. The van der Waals surface area contributed by atoms with Crippen molar-refractivity contribution in [3.63, 3.8) is 0 Å².